The van der Waals surface area contributed by atoms with Crippen LogP contribution >= 0.6 is 11.6 Å². The van der Waals surface area contributed by atoms with E-state index in [-0.39, 0.29) is 24.6 Å². The summed E-state index contributed by atoms with van der Waals surface area (Å²) in [6.07, 6.45) is 2.70. The summed E-state index contributed by atoms with van der Waals surface area (Å²) in [4.78, 5) is 20.8. The van der Waals surface area contributed by atoms with Crippen LogP contribution in [0.3, 0.4) is 0 Å². The van der Waals surface area contributed by atoms with E-state index in [2.05, 4.69) is 9.97 Å². The summed E-state index contributed by atoms with van der Waals surface area (Å²) in [6, 6.07) is 6.10. The molecule has 0 atom stereocenters. The highest BCUT2D eigenvalue weighted by Crippen LogP contribution is 2.31. The quantitative estimate of drug-likeness (QED) is 0.750. The second-order valence-corrected chi connectivity index (χ2v) is 6.25. The largest absolute Gasteiger partial charge is 0.389 e. The van der Waals surface area contributed by atoms with E-state index in [0.717, 1.165) is 0 Å². The minimum absolute atomic E-state index is 0.263. The van der Waals surface area contributed by atoms with Gasteiger partial charge in [-0.25, -0.2) is 9.37 Å². The van der Waals surface area contributed by atoms with Crippen LogP contribution in [-0.4, -0.2) is 45.1 Å². The molecule has 0 radical (unpaired) electrons. The molecule has 0 unspecified atom stereocenters. The van der Waals surface area contributed by atoms with Crippen LogP contribution in [0.1, 0.15) is 10.4 Å². The van der Waals surface area contributed by atoms with Crippen molar-refractivity contribution in [3.8, 4) is 11.1 Å². The summed E-state index contributed by atoms with van der Waals surface area (Å²) in [7, 11) is 0. The Bertz CT molecular complexity index is 950. The van der Waals surface area contributed by atoms with Gasteiger partial charge in [-0.15, -0.1) is 0 Å². The summed E-state index contributed by atoms with van der Waals surface area (Å²) in [5, 5.41) is 10.5. The fourth-order valence-corrected chi connectivity index (χ4v) is 3.03. The number of halogens is 2. The highest BCUT2D eigenvalue weighted by Gasteiger charge is 2.29. The molecule has 0 bridgehead atoms. The van der Waals surface area contributed by atoms with Crippen LogP contribution in [0.5, 0.6) is 0 Å². The number of likely N-dealkylation sites (tertiary alicyclic amines) is 1. The molecule has 0 saturated carbocycles. The van der Waals surface area contributed by atoms with Gasteiger partial charge in [0.2, 0.25) is 0 Å². The van der Waals surface area contributed by atoms with Crippen molar-refractivity contribution in [2.24, 2.45) is 0 Å². The molecule has 2 aromatic heterocycles. The summed E-state index contributed by atoms with van der Waals surface area (Å²) in [5.74, 6) is -0.780. The first-order chi connectivity index (χ1) is 11.5. The van der Waals surface area contributed by atoms with Gasteiger partial charge in [0, 0.05) is 47.6 Å². The Morgan fingerprint density at radius 3 is 2.83 bits per heavy atom. The molecule has 7 heteroatoms. The lowest BCUT2D eigenvalue weighted by Crippen LogP contribution is -2.53. The smallest absolute Gasteiger partial charge is 0.254 e. The van der Waals surface area contributed by atoms with Gasteiger partial charge in [0.1, 0.15) is 11.5 Å². The maximum absolute atomic E-state index is 14.6. The minimum atomic E-state index is -0.497. The number of fused-ring (bicyclic) bond motifs is 1. The fourth-order valence-electron chi connectivity index (χ4n) is 2.87. The van der Waals surface area contributed by atoms with E-state index in [1.165, 1.54) is 17.2 Å². The molecule has 3 heterocycles. The Hall–Kier alpha value is -2.44. The molecule has 0 spiro atoms. The molecule has 3 aromatic rings. The van der Waals surface area contributed by atoms with E-state index in [1.54, 1.807) is 24.4 Å². The number of aromatic nitrogens is 2. The van der Waals surface area contributed by atoms with Gasteiger partial charge < -0.3 is 15.0 Å². The second kappa shape index (κ2) is 5.58. The zero-order valence-electron chi connectivity index (χ0n) is 12.5. The number of benzene rings is 1. The van der Waals surface area contributed by atoms with Crippen molar-refractivity contribution in [1.82, 2.24) is 14.9 Å². The maximum atomic E-state index is 14.6. The summed E-state index contributed by atoms with van der Waals surface area (Å²) < 4.78 is 14.6. The van der Waals surface area contributed by atoms with Crippen LogP contribution in [0.2, 0.25) is 5.02 Å². The van der Waals surface area contributed by atoms with Gasteiger partial charge in [0.15, 0.2) is 0 Å². The first-order valence-electron chi connectivity index (χ1n) is 7.43. The molecule has 4 rings (SSSR count). The third-order valence-electron chi connectivity index (χ3n) is 4.15. The van der Waals surface area contributed by atoms with E-state index in [0.29, 0.717) is 27.2 Å². The van der Waals surface area contributed by atoms with E-state index < -0.39 is 11.9 Å². The topological polar surface area (TPSA) is 69.2 Å². The number of carbonyl (C=O) groups excluding carboxylic acids is 1. The van der Waals surface area contributed by atoms with Crippen molar-refractivity contribution >= 4 is 28.5 Å². The number of aliphatic hydroxyl groups is 1. The van der Waals surface area contributed by atoms with Gasteiger partial charge in [-0.3, -0.25) is 4.79 Å². The van der Waals surface area contributed by atoms with Gasteiger partial charge >= 0.3 is 0 Å². The number of rotatable bonds is 2. The van der Waals surface area contributed by atoms with Crippen molar-refractivity contribution < 1.29 is 14.3 Å². The monoisotopic (exact) mass is 345 g/mol. The number of nitrogens with zero attached hydrogens (tertiary/aromatic N) is 2. The SMILES string of the molecule is O=C(c1ccc(-c2c[nH]c3ncc(Cl)cc23)c(F)c1)N1CC(O)C1. The number of pyridine rings is 1. The zero-order valence-corrected chi connectivity index (χ0v) is 13.2. The van der Waals surface area contributed by atoms with Crippen LogP contribution in [0.25, 0.3) is 22.2 Å². The molecule has 24 heavy (non-hydrogen) atoms. The fraction of sp³-hybridized carbons (Fsp3) is 0.176. The summed E-state index contributed by atoms with van der Waals surface area (Å²) in [6.45, 7) is 0.573. The summed E-state index contributed by atoms with van der Waals surface area (Å²) >= 11 is 5.97. The third-order valence-corrected chi connectivity index (χ3v) is 4.36. The van der Waals surface area contributed by atoms with E-state index >= 15 is 0 Å². The van der Waals surface area contributed by atoms with Gasteiger partial charge in [-0.05, 0) is 18.2 Å². The molecule has 122 valence electrons. The Morgan fingerprint density at radius 1 is 1.33 bits per heavy atom. The number of amides is 1. The van der Waals surface area contributed by atoms with Crippen molar-refractivity contribution in [3.05, 3.63) is 53.1 Å². The molecule has 1 aliphatic heterocycles. The maximum Gasteiger partial charge on any atom is 0.254 e. The van der Waals surface area contributed by atoms with Gasteiger partial charge in [-0.2, -0.15) is 0 Å². The third kappa shape index (κ3) is 2.44. The van der Waals surface area contributed by atoms with Crippen molar-refractivity contribution in [2.75, 3.05) is 13.1 Å². The van der Waals surface area contributed by atoms with Crippen LogP contribution < -0.4 is 0 Å². The molecule has 1 saturated heterocycles. The van der Waals surface area contributed by atoms with Crippen LogP contribution in [0.15, 0.2) is 36.7 Å². The standard InChI is InChI=1S/C17H13ClFN3O2/c18-10-4-13-14(6-21-16(13)20-5-10)12-2-1-9(3-15(12)19)17(24)22-7-11(23)8-22/h1-6,11,23H,7-8H2,(H,20,21). The van der Waals surface area contributed by atoms with Crippen molar-refractivity contribution in [2.45, 2.75) is 6.10 Å². The predicted molar refractivity (Wildman–Crippen MR) is 88.4 cm³/mol. The zero-order chi connectivity index (χ0) is 16.8. The Labute approximate surface area is 141 Å². The highest BCUT2D eigenvalue weighted by molar-refractivity contribution is 6.31. The molecular weight excluding hydrogens is 333 g/mol. The molecule has 1 aliphatic rings. The summed E-state index contributed by atoms with van der Waals surface area (Å²) in [5.41, 5.74) is 1.88. The number of β-amino-alcohol motifs (C(OH)–C–C–N with tert-alkyl or cyclic N) is 1. The van der Waals surface area contributed by atoms with Crippen LogP contribution in [-0.2, 0) is 0 Å². The number of nitrogens with one attached hydrogen (secondary N) is 1. The van der Waals surface area contributed by atoms with Crippen molar-refractivity contribution in [3.63, 3.8) is 0 Å². The Balaban J connectivity index is 1.71. The first kappa shape index (κ1) is 15.1. The normalized spacial score (nSPS) is 14.9. The number of hydrogen-bond acceptors (Lipinski definition) is 3. The Kier molecular flexibility index (Phi) is 3.51. The molecule has 0 aliphatic carbocycles. The van der Waals surface area contributed by atoms with Crippen LogP contribution in [0.4, 0.5) is 4.39 Å². The van der Waals surface area contributed by atoms with Gasteiger partial charge in [0.25, 0.3) is 5.91 Å². The van der Waals surface area contributed by atoms with Gasteiger partial charge in [0.05, 0.1) is 11.1 Å². The minimum Gasteiger partial charge on any atom is -0.389 e. The average Bonchev–Trinajstić information content (AvgIpc) is 2.94. The first-order valence-corrected chi connectivity index (χ1v) is 7.80. The number of H-pyrrole nitrogens is 1. The Morgan fingerprint density at radius 2 is 2.12 bits per heavy atom. The van der Waals surface area contributed by atoms with E-state index in [9.17, 15) is 14.3 Å². The lowest BCUT2D eigenvalue weighted by molar-refractivity contribution is 0.00587. The predicted octanol–water partition coefficient (Wildman–Crippen LogP) is 2.84. The lowest BCUT2D eigenvalue weighted by Gasteiger charge is -2.35. The molecule has 2 N–H and O–H groups in total. The van der Waals surface area contributed by atoms with Gasteiger partial charge in [-0.1, -0.05) is 17.7 Å². The highest BCUT2D eigenvalue weighted by atomic mass is 35.5. The molecule has 1 amide bonds. The van der Waals surface area contributed by atoms with Crippen LogP contribution in [0, 0.1) is 5.82 Å². The number of aliphatic hydroxyl groups excluding tert-OH is 1. The van der Waals surface area contributed by atoms with E-state index in [1.807, 2.05) is 0 Å². The number of aromatic amines is 1. The second-order valence-electron chi connectivity index (χ2n) is 5.81. The molecule has 1 fully saturated rings. The van der Waals surface area contributed by atoms with Crippen molar-refractivity contribution in [1.29, 1.82) is 0 Å². The number of carbonyl (C=O) groups is 1. The number of hydrogen-bond donors (Lipinski definition) is 2. The molecular formula is C17H13ClFN3O2. The molecule has 5 nitrogen and oxygen atoms in total. The average molecular weight is 346 g/mol. The lowest BCUT2D eigenvalue weighted by atomic mass is 10.0. The molecule has 1 aromatic carbocycles. The van der Waals surface area contributed by atoms with E-state index in [4.69, 9.17) is 11.6 Å².